The molecule has 2 rings (SSSR count). The molecular formula is C17H20FNO2S. The van der Waals surface area contributed by atoms with E-state index < -0.39 is 10.8 Å². The van der Waals surface area contributed by atoms with Crippen LogP contribution in [-0.4, -0.2) is 23.7 Å². The van der Waals surface area contributed by atoms with Crippen LogP contribution >= 0.6 is 0 Å². The highest BCUT2D eigenvalue weighted by molar-refractivity contribution is 7.84. The molecule has 2 aromatic carbocycles. The van der Waals surface area contributed by atoms with Crippen molar-refractivity contribution in [2.24, 2.45) is 0 Å². The zero-order valence-corrected chi connectivity index (χ0v) is 13.4. The lowest BCUT2D eigenvalue weighted by molar-refractivity contribution is 0.218. The van der Waals surface area contributed by atoms with E-state index in [1.807, 2.05) is 24.3 Å². The minimum Gasteiger partial charge on any atom is -0.384 e. The highest BCUT2D eigenvalue weighted by Gasteiger charge is 2.03. The fourth-order valence-electron chi connectivity index (χ4n) is 2.01. The fourth-order valence-corrected chi connectivity index (χ4v) is 3.06. The molecule has 0 bridgehead atoms. The molecule has 2 aromatic rings. The summed E-state index contributed by atoms with van der Waals surface area (Å²) in [6.45, 7) is 1.13. The molecule has 118 valence electrons. The maximum atomic E-state index is 12.9. The minimum absolute atomic E-state index is 0.232. The summed E-state index contributed by atoms with van der Waals surface area (Å²) in [5.74, 6) is 0.836. The fraction of sp³-hybridized carbons (Fsp3) is 0.294. The molecule has 0 aliphatic rings. The van der Waals surface area contributed by atoms with Crippen LogP contribution in [0.3, 0.4) is 0 Å². The van der Waals surface area contributed by atoms with Crippen molar-refractivity contribution in [3.63, 3.8) is 0 Å². The Balaban J connectivity index is 1.90. The molecule has 0 saturated carbocycles. The Morgan fingerprint density at radius 2 is 1.91 bits per heavy atom. The van der Waals surface area contributed by atoms with Crippen LogP contribution in [0.5, 0.6) is 0 Å². The molecule has 3 nitrogen and oxygen atoms in total. The second kappa shape index (κ2) is 8.66. The number of benzene rings is 2. The Morgan fingerprint density at radius 1 is 1.14 bits per heavy atom. The van der Waals surface area contributed by atoms with Gasteiger partial charge in [-0.25, -0.2) is 4.39 Å². The van der Waals surface area contributed by atoms with E-state index in [0.29, 0.717) is 24.7 Å². The summed E-state index contributed by atoms with van der Waals surface area (Å²) in [5.41, 5.74) is 3.00. The number of ether oxygens (including phenoxy) is 1. The number of anilines is 1. The van der Waals surface area contributed by atoms with E-state index in [9.17, 15) is 8.60 Å². The highest BCUT2D eigenvalue weighted by atomic mass is 32.2. The highest BCUT2D eigenvalue weighted by Crippen LogP contribution is 2.14. The normalized spacial score (nSPS) is 12.1. The Morgan fingerprint density at radius 3 is 2.64 bits per heavy atom. The molecule has 22 heavy (non-hydrogen) atoms. The third-order valence-electron chi connectivity index (χ3n) is 3.18. The van der Waals surface area contributed by atoms with Gasteiger partial charge >= 0.3 is 0 Å². The predicted molar refractivity (Wildman–Crippen MR) is 88.8 cm³/mol. The molecule has 1 atom stereocenters. The summed E-state index contributed by atoms with van der Waals surface area (Å²) in [7, 11) is 0.692. The predicted octanol–water partition coefficient (Wildman–Crippen LogP) is 3.33. The first kappa shape index (κ1) is 16.6. The molecule has 0 aromatic heterocycles. The molecule has 0 aliphatic carbocycles. The van der Waals surface area contributed by atoms with Gasteiger partial charge in [0.25, 0.3) is 0 Å². The maximum Gasteiger partial charge on any atom is 0.123 e. The number of nitrogens with one attached hydrogen (secondary N) is 1. The molecule has 0 heterocycles. The Labute approximate surface area is 133 Å². The van der Waals surface area contributed by atoms with Crippen LogP contribution in [0, 0.1) is 5.82 Å². The number of hydrogen-bond donors (Lipinski definition) is 1. The quantitative estimate of drug-likeness (QED) is 0.810. The summed E-state index contributed by atoms with van der Waals surface area (Å²) in [5, 5.41) is 3.29. The zero-order valence-electron chi connectivity index (χ0n) is 12.5. The number of hydrogen-bond acceptors (Lipinski definition) is 3. The molecule has 0 unspecified atom stereocenters. The van der Waals surface area contributed by atoms with Gasteiger partial charge in [0.1, 0.15) is 5.82 Å². The van der Waals surface area contributed by atoms with E-state index >= 15 is 0 Å². The molecular weight excluding hydrogens is 301 g/mol. The largest absolute Gasteiger partial charge is 0.384 e. The molecule has 0 aliphatic heterocycles. The molecule has 0 saturated heterocycles. The van der Waals surface area contributed by atoms with Crippen molar-refractivity contribution in [3.8, 4) is 0 Å². The van der Waals surface area contributed by atoms with E-state index in [1.165, 1.54) is 12.1 Å². The van der Waals surface area contributed by atoms with Crippen LogP contribution in [0.1, 0.15) is 11.1 Å². The number of halogens is 1. The van der Waals surface area contributed by atoms with Crippen molar-refractivity contribution < 1.29 is 13.3 Å². The number of methoxy groups -OCH3 is 1. The topological polar surface area (TPSA) is 38.3 Å². The molecule has 0 radical (unpaired) electrons. The van der Waals surface area contributed by atoms with Gasteiger partial charge in [-0.3, -0.25) is 4.21 Å². The first-order valence-corrected chi connectivity index (χ1v) is 8.57. The van der Waals surface area contributed by atoms with Crippen LogP contribution < -0.4 is 5.32 Å². The summed E-state index contributed by atoms with van der Waals surface area (Å²) < 4.78 is 29.7. The van der Waals surface area contributed by atoms with Crippen molar-refractivity contribution in [1.82, 2.24) is 0 Å². The van der Waals surface area contributed by atoms with Gasteiger partial charge < -0.3 is 10.1 Å². The minimum atomic E-state index is -0.916. The third kappa shape index (κ3) is 5.58. The van der Waals surface area contributed by atoms with Gasteiger partial charge in [-0.1, -0.05) is 24.3 Å². The lowest BCUT2D eigenvalue weighted by atomic mass is 10.2. The molecule has 0 fully saturated rings. The van der Waals surface area contributed by atoms with Crippen molar-refractivity contribution in [2.75, 3.05) is 24.8 Å². The average Bonchev–Trinajstić information content (AvgIpc) is 2.53. The maximum absolute atomic E-state index is 12.9. The molecule has 1 N–H and O–H groups in total. The number of rotatable bonds is 8. The molecule has 5 heteroatoms. The smallest absolute Gasteiger partial charge is 0.123 e. The van der Waals surface area contributed by atoms with Crippen LogP contribution in [0.2, 0.25) is 0 Å². The van der Waals surface area contributed by atoms with Crippen molar-refractivity contribution in [3.05, 3.63) is 65.5 Å². The van der Waals surface area contributed by atoms with Gasteiger partial charge in [-0.05, 0) is 35.4 Å². The second-order valence-corrected chi connectivity index (χ2v) is 6.54. The summed E-state index contributed by atoms with van der Waals surface area (Å²) in [6, 6.07) is 14.3. The van der Waals surface area contributed by atoms with Gasteiger partial charge in [-0.2, -0.15) is 0 Å². The average molecular weight is 321 g/mol. The second-order valence-electron chi connectivity index (χ2n) is 4.96. The van der Waals surface area contributed by atoms with E-state index in [-0.39, 0.29) is 5.82 Å². The van der Waals surface area contributed by atoms with Gasteiger partial charge in [0.05, 0.1) is 6.61 Å². The standard InChI is InChI=1S/C17H20FNO2S/c1-21-9-10-22(20)13-15-3-2-4-17(11-15)19-12-14-5-7-16(18)8-6-14/h2-8,11,19H,9-10,12-13H2,1H3/t22-/m0/s1. The Hall–Kier alpha value is -1.72. The van der Waals surface area contributed by atoms with Gasteiger partial charge in [-0.15, -0.1) is 0 Å². The SMILES string of the molecule is COCC[S@](=O)Cc1cccc(NCc2ccc(F)cc2)c1. The zero-order chi connectivity index (χ0) is 15.8. The first-order valence-electron chi connectivity index (χ1n) is 7.08. The lowest BCUT2D eigenvalue weighted by Crippen LogP contribution is -2.06. The van der Waals surface area contributed by atoms with Crippen LogP contribution in [-0.2, 0) is 27.8 Å². The van der Waals surface area contributed by atoms with Gasteiger partial charge in [0, 0.05) is 41.6 Å². The Bertz CT molecular complexity index is 616. The van der Waals surface area contributed by atoms with Crippen LogP contribution in [0.15, 0.2) is 48.5 Å². The summed E-state index contributed by atoms with van der Waals surface area (Å²) >= 11 is 0. The first-order chi connectivity index (χ1) is 10.7. The van der Waals surface area contributed by atoms with E-state index in [2.05, 4.69) is 5.32 Å². The summed E-state index contributed by atoms with van der Waals surface area (Å²) in [4.78, 5) is 0. The van der Waals surface area contributed by atoms with Crippen LogP contribution in [0.25, 0.3) is 0 Å². The van der Waals surface area contributed by atoms with Gasteiger partial charge in [0.15, 0.2) is 0 Å². The molecule has 0 amide bonds. The third-order valence-corrected chi connectivity index (χ3v) is 4.46. The molecule has 0 spiro atoms. The van der Waals surface area contributed by atoms with E-state index in [0.717, 1.165) is 16.8 Å². The van der Waals surface area contributed by atoms with E-state index in [4.69, 9.17) is 4.74 Å². The van der Waals surface area contributed by atoms with Gasteiger partial charge in [0.2, 0.25) is 0 Å². The van der Waals surface area contributed by atoms with Crippen molar-refractivity contribution in [1.29, 1.82) is 0 Å². The Kier molecular flexibility index (Phi) is 6.55. The van der Waals surface area contributed by atoms with Crippen molar-refractivity contribution in [2.45, 2.75) is 12.3 Å². The van der Waals surface area contributed by atoms with Crippen molar-refractivity contribution >= 4 is 16.5 Å². The van der Waals surface area contributed by atoms with E-state index in [1.54, 1.807) is 19.2 Å². The monoisotopic (exact) mass is 321 g/mol. The van der Waals surface area contributed by atoms with Crippen LogP contribution in [0.4, 0.5) is 10.1 Å². The summed E-state index contributed by atoms with van der Waals surface area (Å²) in [6.07, 6.45) is 0. The lowest BCUT2D eigenvalue weighted by Gasteiger charge is -2.09.